The first kappa shape index (κ1) is 25.6. The summed E-state index contributed by atoms with van der Waals surface area (Å²) in [6.45, 7) is 7.08. The second-order valence-electron chi connectivity index (χ2n) is 10.1. The third kappa shape index (κ3) is 6.03. The van der Waals surface area contributed by atoms with Crippen molar-refractivity contribution in [3.63, 3.8) is 0 Å². The van der Waals surface area contributed by atoms with Gasteiger partial charge in [-0.15, -0.1) is 0 Å². The summed E-state index contributed by atoms with van der Waals surface area (Å²) in [7, 11) is 0. The molecule has 0 bridgehead atoms. The van der Waals surface area contributed by atoms with Crippen molar-refractivity contribution in [2.75, 3.05) is 6.61 Å². The van der Waals surface area contributed by atoms with Gasteiger partial charge in [0.1, 0.15) is 24.0 Å². The molecule has 3 heterocycles. The lowest BCUT2D eigenvalue weighted by Crippen LogP contribution is -2.54. The molecule has 2 saturated heterocycles. The summed E-state index contributed by atoms with van der Waals surface area (Å²) in [5.74, 6) is -0.400. The van der Waals surface area contributed by atoms with Gasteiger partial charge in [-0.2, -0.15) is 0 Å². The van der Waals surface area contributed by atoms with Gasteiger partial charge in [-0.1, -0.05) is 30.3 Å². The van der Waals surface area contributed by atoms with Crippen LogP contribution in [0.25, 0.3) is 0 Å². The molecule has 2 aliphatic rings. The van der Waals surface area contributed by atoms with E-state index >= 15 is 0 Å². The van der Waals surface area contributed by atoms with E-state index in [2.05, 4.69) is 15.6 Å². The van der Waals surface area contributed by atoms with Crippen LogP contribution in [0.5, 0.6) is 0 Å². The van der Waals surface area contributed by atoms with Crippen molar-refractivity contribution >= 4 is 12.0 Å². The second-order valence-corrected chi connectivity index (χ2v) is 10.1. The van der Waals surface area contributed by atoms with E-state index in [0.29, 0.717) is 12.0 Å². The number of ether oxygens (including phenoxy) is 3. The largest absolute Gasteiger partial charge is 0.444 e. The summed E-state index contributed by atoms with van der Waals surface area (Å²) in [6, 6.07) is 7.98. The molecule has 3 N–H and O–H groups in total. The molecule has 0 spiro atoms. The van der Waals surface area contributed by atoms with E-state index in [1.165, 1.54) is 10.8 Å². The molecule has 2 fully saturated rings. The number of fused-ring (bicyclic) bond motifs is 1. The van der Waals surface area contributed by atoms with Gasteiger partial charge in [0.15, 0.2) is 0 Å². The molecular weight excluding hydrogens is 468 g/mol. The molecule has 0 saturated carbocycles. The predicted molar refractivity (Wildman–Crippen MR) is 130 cm³/mol. The Morgan fingerprint density at radius 2 is 1.94 bits per heavy atom. The molecule has 11 heteroatoms. The number of aryl methyl sites for hydroxylation is 1. The monoisotopic (exact) mass is 500 g/mol. The number of benzene rings is 1. The fraction of sp³-hybridized carbons (Fsp3) is 0.520. The van der Waals surface area contributed by atoms with E-state index in [0.717, 1.165) is 5.56 Å². The number of rotatable bonds is 6. The lowest BCUT2D eigenvalue weighted by molar-refractivity contribution is -0.125. The quantitative estimate of drug-likeness (QED) is 0.540. The average molecular weight is 501 g/mol. The van der Waals surface area contributed by atoms with Gasteiger partial charge < -0.3 is 24.8 Å². The van der Waals surface area contributed by atoms with Gasteiger partial charge in [-0.3, -0.25) is 19.1 Å². The van der Waals surface area contributed by atoms with E-state index in [4.69, 9.17) is 14.2 Å². The van der Waals surface area contributed by atoms with Crippen LogP contribution < -0.4 is 21.9 Å². The number of carbonyl (C=O) groups is 2. The minimum absolute atomic E-state index is 0.234. The van der Waals surface area contributed by atoms with Crippen molar-refractivity contribution in [3.05, 3.63) is 68.5 Å². The van der Waals surface area contributed by atoms with Gasteiger partial charge in [-0.05, 0) is 33.3 Å². The molecule has 194 valence electrons. The van der Waals surface area contributed by atoms with Gasteiger partial charge in [0, 0.05) is 24.6 Å². The Bertz CT molecular complexity index is 1220. The molecule has 0 aliphatic carbocycles. The standard InChI is InChI=1S/C25H32N4O7/c1-14-12-29(23(32)28-21(14)30)19-11-18-20(35-19)17(13-34-18)26-22(31)16(10-15-8-6-5-7-9-15)27-24(33)36-25(2,3)4/h5-9,12,16-20H,10-11,13H2,1-4H3,(H,26,31)(H,27,33)(H,28,30,32). The lowest BCUT2D eigenvalue weighted by Gasteiger charge is -2.26. The number of aromatic nitrogens is 2. The Hall–Kier alpha value is -3.44. The number of carbonyl (C=O) groups excluding carboxylic acids is 2. The van der Waals surface area contributed by atoms with Crippen molar-refractivity contribution in [2.45, 2.75) is 76.7 Å². The summed E-state index contributed by atoms with van der Waals surface area (Å²) in [5.41, 5.74) is -0.467. The Morgan fingerprint density at radius 3 is 2.64 bits per heavy atom. The Balaban J connectivity index is 1.45. The third-order valence-corrected chi connectivity index (χ3v) is 6.07. The molecule has 1 aromatic heterocycles. The first-order valence-corrected chi connectivity index (χ1v) is 11.9. The molecule has 2 aliphatic heterocycles. The fourth-order valence-corrected chi connectivity index (χ4v) is 4.39. The highest BCUT2D eigenvalue weighted by Gasteiger charge is 2.47. The van der Waals surface area contributed by atoms with Crippen LogP contribution >= 0.6 is 0 Å². The number of nitrogens with zero attached hydrogens (tertiary/aromatic N) is 1. The van der Waals surface area contributed by atoms with Gasteiger partial charge in [0.25, 0.3) is 5.56 Å². The number of alkyl carbamates (subject to hydrolysis) is 1. The molecule has 11 nitrogen and oxygen atoms in total. The van der Waals surface area contributed by atoms with Crippen molar-refractivity contribution in [1.82, 2.24) is 20.2 Å². The van der Waals surface area contributed by atoms with Gasteiger partial charge in [0.05, 0.1) is 18.8 Å². The first-order valence-electron chi connectivity index (χ1n) is 11.9. The molecule has 2 amide bonds. The molecule has 2 aromatic rings. The van der Waals surface area contributed by atoms with Crippen LogP contribution in [-0.4, -0.2) is 58.1 Å². The number of hydrogen-bond donors (Lipinski definition) is 3. The SMILES string of the molecule is Cc1cn(C2CC3OCC(NC(=O)C(Cc4ccccc4)NC(=O)OC(C)(C)C)C3O2)c(=O)[nH]c1=O. The fourth-order valence-electron chi connectivity index (χ4n) is 4.39. The van der Waals surface area contributed by atoms with E-state index in [1.54, 1.807) is 27.7 Å². The van der Waals surface area contributed by atoms with Gasteiger partial charge in [-0.25, -0.2) is 9.59 Å². The average Bonchev–Trinajstić information content (AvgIpc) is 3.37. The smallest absolute Gasteiger partial charge is 0.408 e. The van der Waals surface area contributed by atoms with Crippen LogP contribution in [0.1, 0.15) is 44.5 Å². The summed E-state index contributed by atoms with van der Waals surface area (Å²) in [6.07, 6.45) is -0.0225. The minimum atomic E-state index is -0.886. The van der Waals surface area contributed by atoms with Crippen LogP contribution in [0.3, 0.4) is 0 Å². The molecule has 36 heavy (non-hydrogen) atoms. The summed E-state index contributed by atoms with van der Waals surface area (Å²) < 4.78 is 18.6. The Morgan fingerprint density at radius 1 is 1.22 bits per heavy atom. The molecule has 5 unspecified atom stereocenters. The highest BCUT2D eigenvalue weighted by Crippen LogP contribution is 2.35. The van der Waals surface area contributed by atoms with Crippen molar-refractivity contribution in [1.29, 1.82) is 0 Å². The summed E-state index contributed by atoms with van der Waals surface area (Å²) in [4.78, 5) is 52.0. The number of H-pyrrole nitrogens is 1. The van der Waals surface area contributed by atoms with E-state index in [9.17, 15) is 19.2 Å². The van der Waals surface area contributed by atoms with Crippen LogP contribution in [0, 0.1) is 6.92 Å². The predicted octanol–water partition coefficient (Wildman–Crippen LogP) is 1.15. The zero-order valence-electron chi connectivity index (χ0n) is 20.8. The van der Waals surface area contributed by atoms with E-state index < -0.39 is 53.3 Å². The topological polar surface area (TPSA) is 141 Å². The van der Waals surface area contributed by atoms with Crippen LogP contribution in [-0.2, 0) is 25.4 Å². The summed E-state index contributed by atoms with van der Waals surface area (Å²) in [5, 5.41) is 5.62. The maximum Gasteiger partial charge on any atom is 0.408 e. The van der Waals surface area contributed by atoms with Crippen molar-refractivity contribution in [2.24, 2.45) is 0 Å². The number of aromatic amines is 1. The second kappa shape index (κ2) is 10.3. The van der Waals surface area contributed by atoms with Crippen molar-refractivity contribution < 1.29 is 23.8 Å². The maximum absolute atomic E-state index is 13.3. The van der Waals surface area contributed by atoms with Crippen LogP contribution in [0.2, 0.25) is 0 Å². The van der Waals surface area contributed by atoms with Crippen molar-refractivity contribution in [3.8, 4) is 0 Å². The molecule has 4 rings (SSSR count). The zero-order valence-corrected chi connectivity index (χ0v) is 20.8. The maximum atomic E-state index is 13.3. The van der Waals surface area contributed by atoms with Gasteiger partial charge >= 0.3 is 11.8 Å². The molecular formula is C25H32N4O7. The number of nitrogens with one attached hydrogen (secondary N) is 3. The normalized spacial score (nSPS) is 24.1. The highest BCUT2D eigenvalue weighted by molar-refractivity contribution is 5.86. The highest BCUT2D eigenvalue weighted by atomic mass is 16.6. The van der Waals surface area contributed by atoms with Gasteiger partial charge in [0.2, 0.25) is 5.91 Å². The zero-order chi connectivity index (χ0) is 26.0. The first-order chi connectivity index (χ1) is 17.0. The minimum Gasteiger partial charge on any atom is -0.444 e. The van der Waals surface area contributed by atoms with Crippen LogP contribution in [0.15, 0.2) is 46.1 Å². The molecule has 1 aromatic carbocycles. The third-order valence-electron chi connectivity index (χ3n) is 6.07. The van der Waals surface area contributed by atoms with Crippen LogP contribution in [0.4, 0.5) is 4.79 Å². The number of amides is 2. The Kier molecular flexibility index (Phi) is 7.32. The molecule has 0 radical (unpaired) electrons. The van der Waals surface area contributed by atoms with E-state index in [-0.39, 0.29) is 19.1 Å². The number of hydrogen-bond acceptors (Lipinski definition) is 7. The molecule has 5 atom stereocenters. The Labute approximate surface area is 208 Å². The summed E-state index contributed by atoms with van der Waals surface area (Å²) >= 11 is 0. The van der Waals surface area contributed by atoms with E-state index in [1.807, 2.05) is 30.3 Å². The lowest BCUT2D eigenvalue weighted by atomic mass is 10.0.